The van der Waals surface area contributed by atoms with Crippen LogP contribution in [0.15, 0.2) is 35.8 Å². The molecule has 1 aromatic heterocycles. The molecule has 0 aliphatic carbocycles. The molecule has 3 heteroatoms. The topological polar surface area (TPSA) is 24.9 Å². The Bertz CT molecular complexity index is 450. The fraction of sp³-hybridized carbons (Fsp3) is 0.250. The van der Waals surface area contributed by atoms with Gasteiger partial charge in [-0.2, -0.15) is 0 Å². The predicted molar refractivity (Wildman–Crippen MR) is 62.1 cm³/mol. The summed E-state index contributed by atoms with van der Waals surface area (Å²) in [6.45, 7) is 1.04. The predicted octanol–water partition coefficient (Wildman–Crippen LogP) is 2.38. The van der Waals surface area contributed by atoms with Gasteiger partial charge in [-0.15, -0.1) is 11.3 Å². The number of nitrogens with one attached hydrogen (secondary N) is 1. The largest absolute Gasteiger partial charge is 0.304 e. The Hall–Kier alpha value is -1.19. The van der Waals surface area contributed by atoms with Gasteiger partial charge < -0.3 is 5.32 Å². The minimum atomic E-state index is 0.301. The van der Waals surface area contributed by atoms with E-state index in [-0.39, 0.29) is 0 Å². The van der Waals surface area contributed by atoms with Crippen LogP contribution in [0.4, 0.5) is 0 Å². The number of fused-ring (bicyclic) bond motifs is 1. The molecular formula is C12H12N2S. The van der Waals surface area contributed by atoms with Gasteiger partial charge in [0.2, 0.25) is 0 Å². The first-order chi connectivity index (χ1) is 7.45. The van der Waals surface area contributed by atoms with Crippen molar-refractivity contribution in [2.45, 2.75) is 12.5 Å². The molecule has 2 heterocycles. The quantitative estimate of drug-likeness (QED) is 0.791. The third-order valence-electron chi connectivity index (χ3n) is 2.81. The van der Waals surface area contributed by atoms with Crippen LogP contribution in [-0.4, -0.2) is 11.5 Å². The van der Waals surface area contributed by atoms with Gasteiger partial charge in [-0.1, -0.05) is 24.3 Å². The average Bonchev–Trinajstić information content (AvgIpc) is 2.82. The van der Waals surface area contributed by atoms with Gasteiger partial charge in [-0.25, -0.2) is 4.98 Å². The number of hydrogen-bond donors (Lipinski definition) is 1. The molecule has 0 radical (unpaired) electrons. The summed E-state index contributed by atoms with van der Waals surface area (Å²) < 4.78 is 0. The summed E-state index contributed by atoms with van der Waals surface area (Å²) in [7, 11) is 0. The van der Waals surface area contributed by atoms with Crippen molar-refractivity contribution in [3.8, 4) is 0 Å². The van der Waals surface area contributed by atoms with Crippen molar-refractivity contribution in [3.63, 3.8) is 0 Å². The van der Waals surface area contributed by atoms with E-state index in [4.69, 9.17) is 0 Å². The molecule has 1 N–H and O–H groups in total. The van der Waals surface area contributed by atoms with Crippen LogP contribution in [0, 0.1) is 0 Å². The second kappa shape index (κ2) is 3.76. The highest BCUT2D eigenvalue weighted by Gasteiger charge is 2.22. The molecule has 0 amide bonds. The van der Waals surface area contributed by atoms with Gasteiger partial charge in [0.05, 0.1) is 6.04 Å². The minimum absolute atomic E-state index is 0.301. The summed E-state index contributed by atoms with van der Waals surface area (Å²) >= 11 is 1.72. The lowest BCUT2D eigenvalue weighted by atomic mass is 9.95. The maximum atomic E-state index is 4.39. The number of aromatic nitrogens is 1. The third kappa shape index (κ3) is 1.58. The van der Waals surface area contributed by atoms with E-state index in [1.807, 2.05) is 11.6 Å². The van der Waals surface area contributed by atoms with E-state index in [0.717, 1.165) is 13.0 Å². The van der Waals surface area contributed by atoms with Crippen molar-refractivity contribution in [1.29, 1.82) is 0 Å². The molecule has 2 nitrogen and oxygen atoms in total. The van der Waals surface area contributed by atoms with Crippen molar-refractivity contribution in [2.75, 3.05) is 6.54 Å². The molecular weight excluding hydrogens is 204 g/mol. The molecule has 0 fully saturated rings. The van der Waals surface area contributed by atoms with Gasteiger partial charge in [0.15, 0.2) is 0 Å². The highest BCUT2D eigenvalue weighted by molar-refractivity contribution is 7.09. The molecule has 1 atom stereocenters. The molecule has 0 saturated carbocycles. The Labute approximate surface area is 93.0 Å². The van der Waals surface area contributed by atoms with E-state index >= 15 is 0 Å². The van der Waals surface area contributed by atoms with E-state index in [0.29, 0.717) is 6.04 Å². The second-order valence-electron chi connectivity index (χ2n) is 3.71. The lowest BCUT2D eigenvalue weighted by Crippen LogP contribution is -2.30. The molecule has 15 heavy (non-hydrogen) atoms. The summed E-state index contributed by atoms with van der Waals surface area (Å²) in [6, 6.07) is 8.94. The van der Waals surface area contributed by atoms with Crippen LogP contribution in [0.25, 0.3) is 0 Å². The zero-order valence-electron chi connectivity index (χ0n) is 8.31. The second-order valence-corrected chi connectivity index (χ2v) is 4.63. The summed E-state index contributed by atoms with van der Waals surface area (Å²) in [4.78, 5) is 4.39. The van der Waals surface area contributed by atoms with Crippen molar-refractivity contribution in [3.05, 3.63) is 52.0 Å². The zero-order valence-corrected chi connectivity index (χ0v) is 9.13. The van der Waals surface area contributed by atoms with Crippen molar-refractivity contribution >= 4 is 11.3 Å². The summed E-state index contributed by atoms with van der Waals surface area (Å²) in [5.74, 6) is 0. The van der Waals surface area contributed by atoms with E-state index in [1.54, 1.807) is 11.3 Å². The monoisotopic (exact) mass is 216 g/mol. The molecule has 1 aliphatic rings. The molecule has 0 bridgehead atoms. The van der Waals surface area contributed by atoms with Crippen LogP contribution in [-0.2, 0) is 6.42 Å². The third-order valence-corrected chi connectivity index (χ3v) is 3.65. The molecule has 0 saturated heterocycles. The van der Waals surface area contributed by atoms with Crippen molar-refractivity contribution in [2.24, 2.45) is 0 Å². The van der Waals surface area contributed by atoms with Crippen LogP contribution >= 0.6 is 11.3 Å². The first kappa shape index (κ1) is 9.07. The number of benzene rings is 1. The zero-order chi connectivity index (χ0) is 10.1. The average molecular weight is 216 g/mol. The Kier molecular flexibility index (Phi) is 2.27. The number of thiazole rings is 1. The Morgan fingerprint density at radius 1 is 1.33 bits per heavy atom. The molecule has 76 valence electrons. The Morgan fingerprint density at radius 3 is 3.13 bits per heavy atom. The molecule has 0 spiro atoms. The lowest BCUT2D eigenvalue weighted by Gasteiger charge is -2.25. The van der Waals surface area contributed by atoms with E-state index < -0.39 is 0 Å². The number of rotatable bonds is 1. The van der Waals surface area contributed by atoms with Gasteiger partial charge in [0, 0.05) is 18.1 Å². The standard InChI is InChI=1S/C12H12N2S/c1-2-4-10-9(3-1)5-6-13-11(10)12-14-7-8-15-12/h1-4,7-8,11,13H,5-6H2. The summed E-state index contributed by atoms with van der Waals surface area (Å²) in [5.41, 5.74) is 2.84. The van der Waals surface area contributed by atoms with Gasteiger partial charge in [0.1, 0.15) is 5.01 Å². The van der Waals surface area contributed by atoms with Crippen LogP contribution < -0.4 is 5.32 Å². The van der Waals surface area contributed by atoms with Gasteiger partial charge >= 0.3 is 0 Å². The fourth-order valence-corrected chi connectivity index (χ4v) is 2.83. The maximum Gasteiger partial charge on any atom is 0.114 e. The number of nitrogens with zero attached hydrogens (tertiary/aromatic N) is 1. The smallest absolute Gasteiger partial charge is 0.114 e. The number of hydrogen-bond acceptors (Lipinski definition) is 3. The normalized spacial score (nSPS) is 19.9. The van der Waals surface area contributed by atoms with E-state index in [1.165, 1.54) is 16.1 Å². The summed E-state index contributed by atoms with van der Waals surface area (Å²) in [6.07, 6.45) is 3.00. The fourth-order valence-electron chi connectivity index (χ4n) is 2.10. The first-order valence-electron chi connectivity index (χ1n) is 5.16. The summed E-state index contributed by atoms with van der Waals surface area (Å²) in [5, 5.41) is 6.73. The SMILES string of the molecule is c1ccc2c(c1)CCNC2c1nccs1. The van der Waals surface area contributed by atoms with Crippen LogP contribution in [0.1, 0.15) is 22.2 Å². The molecule has 1 unspecified atom stereocenters. The molecule has 1 aliphatic heterocycles. The van der Waals surface area contributed by atoms with Gasteiger partial charge in [0.25, 0.3) is 0 Å². The highest BCUT2D eigenvalue weighted by atomic mass is 32.1. The molecule has 1 aromatic carbocycles. The van der Waals surface area contributed by atoms with E-state index in [9.17, 15) is 0 Å². The van der Waals surface area contributed by atoms with Crippen LogP contribution in [0.3, 0.4) is 0 Å². The lowest BCUT2D eigenvalue weighted by molar-refractivity contribution is 0.565. The Balaban J connectivity index is 2.06. The highest BCUT2D eigenvalue weighted by Crippen LogP contribution is 2.29. The molecule has 3 rings (SSSR count). The Morgan fingerprint density at radius 2 is 2.27 bits per heavy atom. The van der Waals surface area contributed by atoms with E-state index in [2.05, 4.69) is 34.6 Å². The van der Waals surface area contributed by atoms with Crippen LogP contribution in [0.5, 0.6) is 0 Å². The van der Waals surface area contributed by atoms with Gasteiger partial charge in [-0.05, 0) is 17.5 Å². The maximum absolute atomic E-state index is 4.39. The minimum Gasteiger partial charge on any atom is -0.304 e. The first-order valence-corrected chi connectivity index (χ1v) is 6.04. The van der Waals surface area contributed by atoms with Crippen molar-refractivity contribution in [1.82, 2.24) is 10.3 Å². The molecule has 2 aromatic rings. The van der Waals surface area contributed by atoms with Gasteiger partial charge in [-0.3, -0.25) is 0 Å². The van der Waals surface area contributed by atoms with Crippen molar-refractivity contribution < 1.29 is 0 Å². The van der Waals surface area contributed by atoms with Crippen LogP contribution in [0.2, 0.25) is 0 Å².